The van der Waals surface area contributed by atoms with Crippen LogP contribution in [0.4, 0.5) is 10.1 Å². The molecule has 2 aromatic carbocycles. The van der Waals surface area contributed by atoms with Gasteiger partial charge in [0.05, 0.1) is 6.42 Å². The van der Waals surface area contributed by atoms with E-state index in [1.807, 2.05) is 36.1 Å². The van der Waals surface area contributed by atoms with Gasteiger partial charge < -0.3 is 14.3 Å². The second-order valence-corrected chi connectivity index (χ2v) is 7.08. The van der Waals surface area contributed by atoms with E-state index in [1.54, 1.807) is 12.1 Å². The second-order valence-electron chi connectivity index (χ2n) is 7.08. The van der Waals surface area contributed by atoms with Crippen molar-refractivity contribution in [1.29, 1.82) is 0 Å². The van der Waals surface area contributed by atoms with Gasteiger partial charge in [-0.05, 0) is 42.0 Å². The predicted octanol–water partition coefficient (Wildman–Crippen LogP) is 3.33. The lowest BCUT2D eigenvalue weighted by Crippen LogP contribution is -2.49. The van der Waals surface area contributed by atoms with Gasteiger partial charge >= 0.3 is 0 Å². The van der Waals surface area contributed by atoms with Crippen LogP contribution >= 0.6 is 0 Å². The molecule has 1 aromatic heterocycles. The Labute approximate surface area is 168 Å². The fourth-order valence-corrected chi connectivity index (χ4v) is 3.44. The molecule has 2 heterocycles. The second kappa shape index (κ2) is 8.43. The summed E-state index contributed by atoms with van der Waals surface area (Å²) in [6.45, 7) is 4.87. The normalized spacial score (nSPS) is 14.3. The first-order chi connectivity index (χ1) is 14.1. The van der Waals surface area contributed by atoms with E-state index in [0.29, 0.717) is 31.2 Å². The number of anilines is 1. The maximum atomic E-state index is 13.0. The highest BCUT2D eigenvalue weighted by Crippen LogP contribution is 2.22. The van der Waals surface area contributed by atoms with Crippen molar-refractivity contribution < 1.29 is 13.7 Å². The molecule has 0 aliphatic carbocycles. The van der Waals surface area contributed by atoms with Gasteiger partial charge in [-0.3, -0.25) is 4.79 Å². The number of benzene rings is 2. The number of piperazine rings is 1. The summed E-state index contributed by atoms with van der Waals surface area (Å²) in [6.07, 6.45) is 1.02. The Morgan fingerprint density at radius 1 is 1.03 bits per heavy atom. The summed E-state index contributed by atoms with van der Waals surface area (Å²) in [5.74, 6) is 1.02. The monoisotopic (exact) mass is 394 g/mol. The first-order valence-electron chi connectivity index (χ1n) is 9.82. The molecule has 1 saturated heterocycles. The number of rotatable bonds is 5. The zero-order chi connectivity index (χ0) is 20.2. The number of amides is 1. The van der Waals surface area contributed by atoms with Gasteiger partial charge in [0.1, 0.15) is 5.82 Å². The number of nitrogens with zero attached hydrogens (tertiary/aromatic N) is 4. The Hall–Kier alpha value is -3.22. The number of hydrogen-bond donors (Lipinski definition) is 0. The van der Waals surface area contributed by atoms with Crippen LogP contribution < -0.4 is 4.90 Å². The smallest absolute Gasteiger partial charge is 0.227 e. The molecule has 0 spiro atoms. The van der Waals surface area contributed by atoms with Crippen LogP contribution in [0.25, 0.3) is 11.4 Å². The van der Waals surface area contributed by atoms with Gasteiger partial charge in [-0.15, -0.1) is 0 Å². The Bertz CT molecular complexity index is 961. The highest BCUT2D eigenvalue weighted by atomic mass is 19.1. The quantitative estimate of drug-likeness (QED) is 0.664. The summed E-state index contributed by atoms with van der Waals surface area (Å²) >= 11 is 0. The van der Waals surface area contributed by atoms with Crippen LogP contribution in [-0.2, 0) is 17.6 Å². The molecule has 0 unspecified atom stereocenters. The van der Waals surface area contributed by atoms with E-state index in [2.05, 4.69) is 15.0 Å². The van der Waals surface area contributed by atoms with E-state index in [-0.39, 0.29) is 11.7 Å². The molecule has 7 heteroatoms. The maximum Gasteiger partial charge on any atom is 0.227 e. The summed E-state index contributed by atoms with van der Waals surface area (Å²) < 4.78 is 18.2. The molecule has 0 radical (unpaired) electrons. The molecule has 0 N–H and O–H groups in total. The molecule has 6 nitrogen and oxygen atoms in total. The van der Waals surface area contributed by atoms with Gasteiger partial charge in [0, 0.05) is 43.9 Å². The molecule has 1 aliphatic rings. The fraction of sp³-hybridized carbons (Fsp3) is 0.318. The molecular formula is C22H23FN4O2. The fourth-order valence-electron chi connectivity index (χ4n) is 3.44. The molecule has 0 saturated carbocycles. The van der Waals surface area contributed by atoms with E-state index < -0.39 is 0 Å². The van der Waals surface area contributed by atoms with Crippen molar-refractivity contribution in [3.63, 3.8) is 0 Å². The van der Waals surface area contributed by atoms with Crippen LogP contribution in [0, 0.1) is 5.82 Å². The van der Waals surface area contributed by atoms with Gasteiger partial charge in [-0.2, -0.15) is 4.98 Å². The molecule has 4 rings (SSSR count). The van der Waals surface area contributed by atoms with Crippen molar-refractivity contribution >= 4 is 11.6 Å². The van der Waals surface area contributed by atoms with Crippen molar-refractivity contribution in [2.45, 2.75) is 19.8 Å². The van der Waals surface area contributed by atoms with Crippen molar-refractivity contribution in [2.24, 2.45) is 0 Å². The van der Waals surface area contributed by atoms with Crippen LogP contribution in [0.5, 0.6) is 0 Å². The standard InChI is InChI=1S/C22H23FN4O2/c1-2-20-24-22(25-29-20)17-5-9-19(10-6-17)26-11-13-27(14-12-26)21(28)15-16-3-7-18(23)8-4-16/h3-10H,2,11-15H2,1H3. The molecule has 0 atom stereocenters. The third-order valence-corrected chi connectivity index (χ3v) is 5.16. The Morgan fingerprint density at radius 2 is 1.72 bits per heavy atom. The Morgan fingerprint density at radius 3 is 2.34 bits per heavy atom. The minimum atomic E-state index is -0.286. The van der Waals surface area contributed by atoms with E-state index in [1.165, 1.54) is 12.1 Å². The van der Waals surface area contributed by atoms with Crippen LogP contribution in [0.15, 0.2) is 53.1 Å². The number of hydrogen-bond acceptors (Lipinski definition) is 5. The van der Waals surface area contributed by atoms with Crippen molar-refractivity contribution in [3.8, 4) is 11.4 Å². The molecule has 1 aliphatic heterocycles. The molecule has 1 amide bonds. The van der Waals surface area contributed by atoms with Gasteiger partial charge in [-0.1, -0.05) is 24.2 Å². The highest BCUT2D eigenvalue weighted by molar-refractivity contribution is 5.79. The summed E-state index contributed by atoms with van der Waals surface area (Å²) in [5.41, 5.74) is 2.87. The topological polar surface area (TPSA) is 62.5 Å². The number of carbonyl (C=O) groups is 1. The third-order valence-electron chi connectivity index (χ3n) is 5.16. The van der Waals surface area contributed by atoms with Crippen LogP contribution in [0.2, 0.25) is 0 Å². The Kier molecular flexibility index (Phi) is 5.55. The van der Waals surface area contributed by atoms with Gasteiger partial charge in [0.2, 0.25) is 17.6 Å². The van der Waals surface area contributed by atoms with Crippen molar-refractivity contribution in [1.82, 2.24) is 15.0 Å². The van der Waals surface area contributed by atoms with E-state index in [4.69, 9.17) is 4.52 Å². The predicted molar refractivity (Wildman–Crippen MR) is 108 cm³/mol. The van der Waals surface area contributed by atoms with Crippen LogP contribution in [-0.4, -0.2) is 47.1 Å². The molecule has 29 heavy (non-hydrogen) atoms. The number of halogens is 1. The van der Waals surface area contributed by atoms with E-state index in [9.17, 15) is 9.18 Å². The average Bonchev–Trinajstić information content (AvgIpc) is 3.25. The Balaban J connectivity index is 1.33. The lowest BCUT2D eigenvalue weighted by atomic mass is 10.1. The number of carbonyl (C=O) groups excluding carboxylic acids is 1. The summed E-state index contributed by atoms with van der Waals surface area (Å²) in [7, 11) is 0. The minimum Gasteiger partial charge on any atom is -0.368 e. The lowest BCUT2D eigenvalue weighted by molar-refractivity contribution is -0.130. The van der Waals surface area contributed by atoms with E-state index in [0.717, 1.165) is 36.3 Å². The summed E-state index contributed by atoms with van der Waals surface area (Å²) in [6, 6.07) is 14.2. The first kappa shape index (κ1) is 19.1. The molecule has 3 aromatic rings. The zero-order valence-electron chi connectivity index (χ0n) is 16.3. The maximum absolute atomic E-state index is 13.0. The average molecular weight is 394 g/mol. The zero-order valence-corrected chi connectivity index (χ0v) is 16.3. The third kappa shape index (κ3) is 4.45. The number of aryl methyl sites for hydroxylation is 1. The van der Waals surface area contributed by atoms with Gasteiger partial charge in [0.25, 0.3) is 0 Å². The minimum absolute atomic E-state index is 0.0791. The molecular weight excluding hydrogens is 371 g/mol. The van der Waals surface area contributed by atoms with Crippen molar-refractivity contribution in [3.05, 3.63) is 65.8 Å². The molecule has 150 valence electrons. The van der Waals surface area contributed by atoms with Crippen molar-refractivity contribution in [2.75, 3.05) is 31.1 Å². The van der Waals surface area contributed by atoms with E-state index >= 15 is 0 Å². The summed E-state index contributed by atoms with van der Waals surface area (Å²) in [4.78, 5) is 21.0. The van der Waals surface area contributed by atoms with Crippen LogP contribution in [0.1, 0.15) is 18.4 Å². The molecule has 0 bridgehead atoms. The number of aromatic nitrogens is 2. The largest absolute Gasteiger partial charge is 0.368 e. The summed E-state index contributed by atoms with van der Waals surface area (Å²) in [5, 5.41) is 4.00. The SMILES string of the molecule is CCc1nc(-c2ccc(N3CCN(C(=O)Cc4ccc(F)cc4)CC3)cc2)no1. The highest BCUT2D eigenvalue weighted by Gasteiger charge is 2.21. The lowest BCUT2D eigenvalue weighted by Gasteiger charge is -2.36. The first-order valence-corrected chi connectivity index (χ1v) is 9.82. The van der Waals surface area contributed by atoms with Gasteiger partial charge in [-0.25, -0.2) is 4.39 Å². The van der Waals surface area contributed by atoms with Crippen LogP contribution in [0.3, 0.4) is 0 Å². The van der Waals surface area contributed by atoms with Gasteiger partial charge in [0.15, 0.2) is 0 Å². The molecule has 1 fully saturated rings.